The van der Waals surface area contributed by atoms with Gasteiger partial charge < -0.3 is 5.32 Å². The Bertz CT molecular complexity index is 1000. The van der Waals surface area contributed by atoms with E-state index in [1.54, 1.807) is 6.07 Å². The Labute approximate surface area is 177 Å². The Morgan fingerprint density at radius 1 is 1.03 bits per heavy atom. The second-order valence-corrected chi connectivity index (χ2v) is 8.01. The maximum Gasteiger partial charge on any atom is 0.246 e. The van der Waals surface area contributed by atoms with Crippen LogP contribution in [-0.4, -0.2) is 5.91 Å². The quantitative estimate of drug-likeness (QED) is 0.547. The monoisotopic (exact) mass is 404 g/mol. The van der Waals surface area contributed by atoms with Crippen molar-refractivity contribution in [3.63, 3.8) is 0 Å². The highest BCUT2D eigenvalue weighted by Crippen LogP contribution is 2.32. The van der Waals surface area contributed by atoms with Crippen LogP contribution in [0.4, 0.5) is 5.69 Å². The van der Waals surface area contributed by atoms with Crippen molar-refractivity contribution in [2.75, 3.05) is 5.32 Å². The van der Waals surface area contributed by atoms with Crippen molar-refractivity contribution in [3.05, 3.63) is 100 Å². The molecule has 0 radical (unpaired) electrons. The number of aryl methyl sites for hydroxylation is 2. The largest absolute Gasteiger partial charge is 0.324 e. The van der Waals surface area contributed by atoms with Crippen LogP contribution in [0.3, 0.4) is 0 Å². The Hall–Kier alpha value is -2.62. The molecule has 3 aromatic rings. The van der Waals surface area contributed by atoms with Crippen LogP contribution in [0, 0.1) is 6.92 Å². The summed E-state index contributed by atoms with van der Waals surface area (Å²) in [5.41, 5.74) is 5.31. The van der Waals surface area contributed by atoms with E-state index in [1.807, 2.05) is 49.4 Å². The topological polar surface area (TPSA) is 41.1 Å². The summed E-state index contributed by atoms with van der Waals surface area (Å²) in [5.74, 6) is -0.0841. The van der Waals surface area contributed by atoms with Crippen molar-refractivity contribution in [3.8, 4) is 0 Å². The zero-order valence-electron chi connectivity index (χ0n) is 16.5. The number of hydrogen-bond donors (Lipinski definition) is 2. The van der Waals surface area contributed by atoms with E-state index in [0.717, 1.165) is 30.4 Å². The number of anilines is 1. The molecular weight excluding hydrogens is 380 g/mol. The van der Waals surface area contributed by atoms with E-state index in [9.17, 15) is 4.79 Å². The van der Waals surface area contributed by atoms with Crippen LogP contribution in [-0.2, 0) is 11.2 Å². The number of hydrogen-bond acceptors (Lipinski definition) is 2. The van der Waals surface area contributed by atoms with Crippen LogP contribution < -0.4 is 10.6 Å². The van der Waals surface area contributed by atoms with Crippen LogP contribution in [0.15, 0.2) is 72.8 Å². The van der Waals surface area contributed by atoms with Gasteiger partial charge in [-0.2, -0.15) is 0 Å². The summed E-state index contributed by atoms with van der Waals surface area (Å²) in [6.45, 7) is 1.95. The molecule has 29 heavy (non-hydrogen) atoms. The van der Waals surface area contributed by atoms with Crippen molar-refractivity contribution in [1.82, 2.24) is 5.32 Å². The lowest BCUT2D eigenvalue weighted by Crippen LogP contribution is -2.36. The van der Waals surface area contributed by atoms with Crippen molar-refractivity contribution < 1.29 is 4.79 Å². The van der Waals surface area contributed by atoms with Gasteiger partial charge in [-0.1, -0.05) is 72.3 Å². The molecule has 0 spiro atoms. The number of amides is 1. The van der Waals surface area contributed by atoms with E-state index in [1.165, 1.54) is 11.1 Å². The van der Waals surface area contributed by atoms with Crippen LogP contribution in [0.2, 0.25) is 5.02 Å². The number of rotatable bonds is 5. The minimum Gasteiger partial charge on any atom is -0.324 e. The van der Waals surface area contributed by atoms with E-state index in [0.29, 0.717) is 10.7 Å². The van der Waals surface area contributed by atoms with E-state index < -0.39 is 6.04 Å². The molecule has 0 unspecified atom stereocenters. The Morgan fingerprint density at radius 2 is 1.79 bits per heavy atom. The highest BCUT2D eigenvalue weighted by atomic mass is 35.5. The molecule has 3 nitrogen and oxygen atoms in total. The van der Waals surface area contributed by atoms with Crippen molar-refractivity contribution in [2.24, 2.45) is 0 Å². The molecule has 1 aliphatic carbocycles. The standard InChI is InChI=1S/C25H25ClN2O/c1-17-14-15-20(16-22(17)26)27-25(29)24(19-9-3-2-4-10-19)28-23-13-7-11-18-8-5-6-12-21(18)23/h2-6,8-10,12,14-16,23-24,28H,7,11,13H2,1H3,(H,27,29)/t23-,24+/m0/s1. The molecule has 0 heterocycles. The normalized spacial score (nSPS) is 16.7. The first-order valence-corrected chi connectivity index (χ1v) is 10.5. The minimum absolute atomic E-state index is 0.0841. The number of halogens is 1. The summed E-state index contributed by atoms with van der Waals surface area (Å²) in [7, 11) is 0. The second-order valence-electron chi connectivity index (χ2n) is 7.61. The molecule has 1 aliphatic rings. The Kier molecular flexibility index (Phi) is 5.98. The highest BCUT2D eigenvalue weighted by molar-refractivity contribution is 6.31. The third-order valence-electron chi connectivity index (χ3n) is 5.57. The molecule has 4 rings (SSSR count). The number of carbonyl (C=O) groups is 1. The molecule has 2 atom stereocenters. The lowest BCUT2D eigenvalue weighted by molar-refractivity contribution is -0.118. The molecule has 2 N–H and O–H groups in total. The molecule has 4 heteroatoms. The van der Waals surface area contributed by atoms with E-state index >= 15 is 0 Å². The van der Waals surface area contributed by atoms with Gasteiger partial charge in [0.1, 0.15) is 6.04 Å². The summed E-state index contributed by atoms with van der Waals surface area (Å²) >= 11 is 6.24. The summed E-state index contributed by atoms with van der Waals surface area (Å²) in [6.07, 6.45) is 3.23. The van der Waals surface area contributed by atoms with Gasteiger partial charge in [0.25, 0.3) is 0 Å². The molecule has 3 aromatic carbocycles. The molecule has 1 amide bonds. The molecule has 0 aliphatic heterocycles. The van der Waals surface area contributed by atoms with Gasteiger partial charge in [-0.3, -0.25) is 10.1 Å². The van der Waals surface area contributed by atoms with Gasteiger partial charge in [-0.15, -0.1) is 0 Å². The summed E-state index contributed by atoms with van der Waals surface area (Å²) in [4.78, 5) is 13.3. The van der Waals surface area contributed by atoms with Gasteiger partial charge >= 0.3 is 0 Å². The number of carbonyl (C=O) groups excluding carboxylic acids is 1. The number of nitrogens with one attached hydrogen (secondary N) is 2. The average molecular weight is 405 g/mol. The van der Waals surface area contributed by atoms with Crippen LogP contribution >= 0.6 is 11.6 Å². The molecule has 0 saturated heterocycles. The average Bonchev–Trinajstić information content (AvgIpc) is 2.75. The molecule has 0 saturated carbocycles. The van der Waals surface area contributed by atoms with Crippen LogP contribution in [0.5, 0.6) is 0 Å². The fraction of sp³-hybridized carbons (Fsp3) is 0.240. The van der Waals surface area contributed by atoms with Gasteiger partial charge in [0, 0.05) is 16.8 Å². The Balaban J connectivity index is 1.61. The fourth-order valence-corrected chi connectivity index (χ4v) is 4.16. The van der Waals surface area contributed by atoms with Gasteiger partial charge in [0.15, 0.2) is 0 Å². The smallest absolute Gasteiger partial charge is 0.246 e. The Morgan fingerprint density at radius 3 is 2.59 bits per heavy atom. The van der Waals surface area contributed by atoms with Gasteiger partial charge in [-0.05, 0) is 60.6 Å². The zero-order valence-corrected chi connectivity index (χ0v) is 17.2. The number of benzene rings is 3. The first kappa shape index (κ1) is 19.7. The van der Waals surface area contributed by atoms with E-state index in [-0.39, 0.29) is 11.9 Å². The SMILES string of the molecule is Cc1ccc(NC(=O)[C@H](N[C@H]2CCCc3ccccc32)c2ccccc2)cc1Cl. The van der Waals surface area contributed by atoms with Crippen molar-refractivity contribution >= 4 is 23.2 Å². The van der Waals surface area contributed by atoms with Gasteiger partial charge in [0.2, 0.25) is 5.91 Å². The maximum absolute atomic E-state index is 13.3. The summed E-state index contributed by atoms with van der Waals surface area (Å²) < 4.78 is 0. The lowest BCUT2D eigenvalue weighted by Gasteiger charge is -2.30. The highest BCUT2D eigenvalue weighted by Gasteiger charge is 2.27. The van der Waals surface area contributed by atoms with E-state index in [4.69, 9.17) is 11.6 Å². The fourth-order valence-electron chi connectivity index (χ4n) is 3.98. The summed E-state index contributed by atoms with van der Waals surface area (Å²) in [6, 6.07) is 23.7. The van der Waals surface area contributed by atoms with Crippen molar-refractivity contribution in [1.29, 1.82) is 0 Å². The van der Waals surface area contributed by atoms with Crippen LogP contribution in [0.25, 0.3) is 0 Å². The van der Waals surface area contributed by atoms with Gasteiger partial charge in [-0.25, -0.2) is 0 Å². The molecule has 0 aromatic heterocycles. The molecule has 0 fully saturated rings. The summed E-state index contributed by atoms with van der Waals surface area (Å²) in [5, 5.41) is 7.31. The predicted octanol–water partition coefficient (Wildman–Crippen LogP) is 6.00. The first-order valence-electron chi connectivity index (χ1n) is 10.1. The maximum atomic E-state index is 13.3. The van der Waals surface area contributed by atoms with Gasteiger partial charge in [0.05, 0.1) is 0 Å². The first-order chi connectivity index (χ1) is 14.1. The number of fused-ring (bicyclic) bond motifs is 1. The van der Waals surface area contributed by atoms with Crippen LogP contribution in [0.1, 0.15) is 47.2 Å². The lowest BCUT2D eigenvalue weighted by atomic mass is 9.87. The third kappa shape index (κ3) is 4.52. The van der Waals surface area contributed by atoms with Crippen molar-refractivity contribution in [2.45, 2.75) is 38.3 Å². The predicted molar refractivity (Wildman–Crippen MR) is 119 cm³/mol. The molecule has 148 valence electrons. The van der Waals surface area contributed by atoms with E-state index in [2.05, 4.69) is 34.9 Å². The minimum atomic E-state index is -0.451. The molecule has 0 bridgehead atoms. The third-order valence-corrected chi connectivity index (χ3v) is 5.98. The molecular formula is C25H25ClN2O. The second kappa shape index (κ2) is 8.81. The zero-order chi connectivity index (χ0) is 20.2.